The highest BCUT2D eigenvalue weighted by atomic mass is 32.2. The minimum absolute atomic E-state index is 0.170. The average molecular weight is 490 g/mol. The Balaban J connectivity index is 1.46. The molecule has 1 aromatic heterocycles. The fourth-order valence-electron chi connectivity index (χ4n) is 3.46. The van der Waals surface area contributed by atoms with Crippen molar-refractivity contribution < 1.29 is 13.2 Å². The molecular formula is C26H27N5O3S. The maximum atomic E-state index is 12.8. The predicted molar refractivity (Wildman–Crippen MR) is 139 cm³/mol. The number of anilines is 5. The molecule has 0 saturated carbocycles. The largest absolute Gasteiger partial charge is 0.496 e. The van der Waals surface area contributed by atoms with E-state index in [-0.39, 0.29) is 4.90 Å². The van der Waals surface area contributed by atoms with E-state index in [0.29, 0.717) is 23.2 Å². The SMILES string of the molecule is COc1ccc(S(=O)(=O)Nc2ccc(Nc3cc(C)nc(Nc4ccc(C)cc4)n3)cc2)cc1C. The van der Waals surface area contributed by atoms with Crippen molar-refractivity contribution >= 4 is 38.9 Å². The van der Waals surface area contributed by atoms with E-state index in [4.69, 9.17) is 4.74 Å². The van der Waals surface area contributed by atoms with Crippen LogP contribution >= 0.6 is 0 Å². The number of sulfonamides is 1. The van der Waals surface area contributed by atoms with Crippen molar-refractivity contribution in [3.05, 3.63) is 89.6 Å². The van der Waals surface area contributed by atoms with E-state index in [1.807, 2.05) is 44.2 Å². The molecule has 0 aliphatic heterocycles. The van der Waals surface area contributed by atoms with Gasteiger partial charge in [-0.3, -0.25) is 4.72 Å². The highest BCUT2D eigenvalue weighted by Crippen LogP contribution is 2.25. The van der Waals surface area contributed by atoms with Gasteiger partial charge in [-0.15, -0.1) is 0 Å². The molecule has 3 N–H and O–H groups in total. The third-order valence-electron chi connectivity index (χ3n) is 5.25. The fraction of sp³-hybridized carbons (Fsp3) is 0.154. The van der Waals surface area contributed by atoms with Crippen molar-refractivity contribution in [2.75, 3.05) is 22.5 Å². The van der Waals surface area contributed by atoms with Crippen molar-refractivity contribution in [3.63, 3.8) is 0 Å². The van der Waals surface area contributed by atoms with Crippen molar-refractivity contribution in [2.24, 2.45) is 0 Å². The fourth-order valence-corrected chi connectivity index (χ4v) is 4.60. The molecule has 0 amide bonds. The van der Waals surface area contributed by atoms with Crippen LogP contribution < -0.4 is 20.1 Å². The Bertz CT molecular complexity index is 1440. The van der Waals surface area contributed by atoms with Crippen LogP contribution in [0.25, 0.3) is 0 Å². The number of aryl methyl sites for hydroxylation is 3. The van der Waals surface area contributed by atoms with E-state index >= 15 is 0 Å². The first-order chi connectivity index (χ1) is 16.7. The monoisotopic (exact) mass is 489 g/mol. The molecule has 0 spiro atoms. The molecule has 0 atom stereocenters. The van der Waals surface area contributed by atoms with E-state index in [1.54, 1.807) is 50.4 Å². The Morgan fingerprint density at radius 1 is 0.743 bits per heavy atom. The summed E-state index contributed by atoms with van der Waals surface area (Å²) in [6, 6.07) is 21.5. The van der Waals surface area contributed by atoms with E-state index in [9.17, 15) is 8.42 Å². The van der Waals surface area contributed by atoms with Gasteiger partial charge in [0.25, 0.3) is 10.0 Å². The minimum atomic E-state index is -3.73. The lowest BCUT2D eigenvalue weighted by molar-refractivity contribution is 0.411. The van der Waals surface area contributed by atoms with Gasteiger partial charge in [-0.2, -0.15) is 4.98 Å². The smallest absolute Gasteiger partial charge is 0.261 e. The number of methoxy groups -OCH3 is 1. The van der Waals surface area contributed by atoms with E-state index in [2.05, 4.69) is 25.3 Å². The first-order valence-corrected chi connectivity index (χ1v) is 12.4. The zero-order chi connectivity index (χ0) is 25.0. The molecule has 0 aliphatic rings. The van der Waals surface area contributed by atoms with E-state index < -0.39 is 10.0 Å². The first-order valence-electron chi connectivity index (χ1n) is 11.0. The Labute approximate surface area is 205 Å². The summed E-state index contributed by atoms with van der Waals surface area (Å²) in [5.41, 5.74) is 4.82. The molecule has 0 aliphatic carbocycles. The van der Waals surface area contributed by atoms with Gasteiger partial charge in [0.15, 0.2) is 0 Å². The zero-order valence-corrected chi connectivity index (χ0v) is 20.8. The number of hydrogen-bond donors (Lipinski definition) is 3. The number of ether oxygens (including phenoxy) is 1. The number of hydrogen-bond acceptors (Lipinski definition) is 7. The van der Waals surface area contributed by atoms with E-state index in [0.717, 1.165) is 22.6 Å². The lowest BCUT2D eigenvalue weighted by atomic mass is 10.2. The van der Waals surface area contributed by atoms with Gasteiger partial charge in [-0.25, -0.2) is 13.4 Å². The molecule has 0 unspecified atom stereocenters. The van der Waals surface area contributed by atoms with Gasteiger partial charge in [0, 0.05) is 28.8 Å². The highest BCUT2D eigenvalue weighted by molar-refractivity contribution is 7.92. The Hall–Kier alpha value is -4.11. The van der Waals surface area contributed by atoms with Crippen LogP contribution in [-0.2, 0) is 10.0 Å². The molecule has 0 saturated heterocycles. The summed E-state index contributed by atoms with van der Waals surface area (Å²) in [6.07, 6.45) is 0. The normalized spacial score (nSPS) is 11.1. The van der Waals surface area contributed by atoms with Crippen LogP contribution in [0.2, 0.25) is 0 Å². The molecule has 3 aromatic carbocycles. The molecule has 4 aromatic rings. The maximum absolute atomic E-state index is 12.8. The van der Waals surface area contributed by atoms with Crippen molar-refractivity contribution in [3.8, 4) is 5.75 Å². The number of nitrogens with one attached hydrogen (secondary N) is 3. The number of rotatable bonds is 8. The van der Waals surface area contributed by atoms with Crippen molar-refractivity contribution in [2.45, 2.75) is 25.7 Å². The number of benzene rings is 3. The Morgan fingerprint density at radius 2 is 1.37 bits per heavy atom. The maximum Gasteiger partial charge on any atom is 0.261 e. The average Bonchev–Trinajstić information content (AvgIpc) is 2.81. The van der Waals surface area contributed by atoms with Crippen LogP contribution in [0.4, 0.5) is 28.8 Å². The molecule has 35 heavy (non-hydrogen) atoms. The first kappa shape index (κ1) is 24.0. The van der Waals surface area contributed by atoms with Crippen LogP contribution in [0.3, 0.4) is 0 Å². The molecule has 0 radical (unpaired) electrons. The van der Waals surface area contributed by atoms with Crippen LogP contribution in [-0.4, -0.2) is 25.5 Å². The third-order valence-corrected chi connectivity index (χ3v) is 6.63. The summed E-state index contributed by atoms with van der Waals surface area (Å²) >= 11 is 0. The summed E-state index contributed by atoms with van der Waals surface area (Å²) in [4.78, 5) is 9.15. The number of nitrogens with zero attached hydrogens (tertiary/aromatic N) is 2. The van der Waals surface area contributed by atoms with Gasteiger partial charge in [0.2, 0.25) is 5.95 Å². The highest BCUT2D eigenvalue weighted by Gasteiger charge is 2.16. The summed E-state index contributed by atoms with van der Waals surface area (Å²) in [6.45, 7) is 5.73. The molecule has 4 rings (SSSR count). The predicted octanol–water partition coefficient (Wildman–Crippen LogP) is 5.70. The summed E-state index contributed by atoms with van der Waals surface area (Å²) in [5, 5.41) is 6.45. The van der Waals surface area contributed by atoms with Crippen LogP contribution in [0.1, 0.15) is 16.8 Å². The quantitative estimate of drug-likeness (QED) is 0.292. The summed E-state index contributed by atoms with van der Waals surface area (Å²) in [7, 11) is -2.18. The molecule has 0 bridgehead atoms. The second-order valence-corrected chi connectivity index (χ2v) is 9.83. The Morgan fingerprint density at radius 3 is 2.03 bits per heavy atom. The Kier molecular flexibility index (Phi) is 6.88. The van der Waals surface area contributed by atoms with Gasteiger partial charge >= 0.3 is 0 Å². The zero-order valence-electron chi connectivity index (χ0n) is 20.0. The number of aromatic nitrogens is 2. The molecule has 1 heterocycles. The second-order valence-electron chi connectivity index (χ2n) is 8.15. The van der Waals surface area contributed by atoms with Crippen LogP contribution in [0, 0.1) is 20.8 Å². The topological polar surface area (TPSA) is 105 Å². The third kappa shape index (κ3) is 6.07. The lowest BCUT2D eigenvalue weighted by Crippen LogP contribution is -2.13. The molecular weight excluding hydrogens is 462 g/mol. The van der Waals surface area contributed by atoms with Crippen molar-refractivity contribution in [1.29, 1.82) is 0 Å². The molecule has 8 nitrogen and oxygen atoms in total. The van der Waals surface area contributed by atoms with Gasteiger partial charge < -0.3 is 15.4 Å². The summed E-state index contributed by atoms with van der Waals surface area (Å²) in [5.74, 6) is 1.74. The molecule has 9 heteroatoms. The summed E-state index contributed by atoms with van der Waals surface area (Å²) < 4.78 is 33.4. The minimum Gasteiger partial charge on any atom is -0.496 e. The van der Waals surface area contributed by atoms with Gasteiger partial charge in [0.1, 0.15) is 11.6 Å². The molecule has 180 valence electrons. The van der Waals surface area contributed by atoms with Crippen LogP contribution in [0.5, 0.6) is 5.75 Å². The van der Waals surface area contributed by atoms with Crippen molar-refractivity contribution in [1.82, 2.24) is 9.97 Å². The standard InChI is InChI=1S/C26H27N5O3S/c1-17-5-7-21(8-6-17)29-26-27-19(3)16-25(30-26)28-20-9-11-22(12-10-20)31-35(32,33)23-13-14-24(34-4)18(2)15-23/h5-16,31H,1-4H3,(H2,27,28,29,30). The van der Waals surface area contributed by atoms with Crippen LogP contribution in [0.15, 0.2) is 77.7 Å². The second kappa shape index (κ2) is 10.0. The van der Waals surface area contributed by atoms with Gasteiger partial charge in [0.05, 0.1) is 12.0 Å². The van der Waals surface area contributed by atoms with Gasteiger partial charge in [-0.1, -0.05) is 17.7 Å². The lowest BCUT2D eigenvalue weighted by Gasteiger charge is -2.12. The molecule has 0 fully saturated rings. The van der Waals surface area contributed by atoms with E-state index in [1.165, 1.54) is 11.6 Å². The van der Waals surface area contributed by atoms with Gasteiger partial charge in [-0.05, 0) is 80.9 Å².